The van der Waals surface area contributed by atoms with Gasteiger partial charge in [0.1, 0.15) is 11.6 Å². The first-order valence-corrected chi connectivity index (χ1v) is 12.3. The summed E-state index contributed by atoms with van der Waals surface area (Å²) >= 11 is 0. The van der Waals surface area contributed by atoms with Crippen LogP contribution < -0.4 is 14.8 Å². The van der Waals surface area contributed by atoms with E-state index in [1.165, 1.54) is 30.3 Å². The number of halogens is 1. The first-order chi connectivity index (χ1) is 15.8. The zero-order valence-corrected chi connectivity index (χ0v) is 19.2. The van der Waals surface area contributed by atoms with Gasteiger partial charge in [0.2, 0.25) is 15.9 Å². The van der Waals surface area contributed by atoms with Crippen molar-refractivity contribution >= 4 is 21.8 Å². The zero-order valence-electron chi connectivity index (χ0n) is 18.4. The number of hydrogen-bond donors (Lipinski definition) is 2. The number of carbonyl (C=O) groups excluding carboxylic acids is 2. The number of carbonyl (C=O) groups is 2. The van der Waals surface area contributed by atoms with Crippen LogP contribution in [0.4, 0.5) is 4.39 Å². The van der Waals surface area contributed by atoms with Crippen molar-refractivity contribution in [2.75, 3.05) is 26.2 Å². The van der Waals surface area contributed by atoms with E-state index in [1.54, 1.807) is 23.1 Å². The van der Waals surface area contributed by atoms with E-state index in [4.69, 9.17) is 4.74 Å². The lowest BCUT2D eigenvalue weighted by molar-refractivity contribution is -0.121. The smallest absolute Gasteiger partial charge is 0.256 e. The summed E-state index contributed by atoms with van der Waals surface area (Å²) in [5, 5.41) is 2.87. The molecule has 0 spiro atoms. The molecule has 1 saturated heterocycles. The van der Waals surface area contributed by atoms with E-state index in [0.717, 1.165) is 0 Å². The molecule has 0 saturated carbocycles. The number of likely N-dealkylation sites (tertiary alicyclic amines) is 1. The molecule has 33 heavy (non-hydrogen) atoms. The normalized spacial score (nSPS) is 14.7. The Bertz CT molecular complexity index is 1070. The fourth-order valence-electron chi connectivity index (χ4n) is 3.60. The fraction of sp³-hybridized carbons (Fsp3) is 0.391. The van der Waals surface area contributed by atoms with Gasteiger partial charge in [-0.2, -0.15) is 0 Å². The Labute approximate surface area is 193 Å². The molecule has 2 N–H and O–H groups in total. The highest BCUT2D eigenvalue weighted by atomic mass is 32.2. The highest BCUT2D eigenvalue weighted by Crippen LogP contribution is 2.17. The Morgan fingerprint density at radius 2 is 1.76 bits per heavy atom. The summed E-state index contributed by atoms with van der Waals surface area (Å²) in [7, 11) is -3.73. The van der Waals surface area contributed by atoms with Gasteiger partial charge in [-0.3, -0.25) is 9.59 Å². The maximum atomic E-state index is 13.8. The first-order valence-electron chi connectivity index (χ1n) is 10.9. The van der Waals surface area contributed by atoms with Crippen LogP contribution >= 0.6 is 0 Å². The SMILES string of the molecule is CCOc1ccc(S(=O)(=O)NCCC(=O)NC2CCN(C(=O)c3ccccc3F)CC2)cc1. The third-order valence-electron chi connectivity index (χ3n) is 5.34. The van der Waals surface area contributed by atoms with Crippen LogP contribution in [0.1, 0.15) is 36.5 Å². The highest BCUT2D eigenvalue weighted by Gasteiger charge is 2.26. The molecular formula is C23H28FN3O5S. The van der Waals surface area contributed by atoms with Gasteiger partial charge in [-0.25, -0.2) is 17.5 Å². The van der Waals surface area contributed by atoms with Crippen LogP contribution in [0.2, 0.25) is 0 Å². The Morgan fingerprint density at radius 1 is 1.09 bits per heavy atom. The van der Waals surface area contributed by atoms with Crippen LogP contribution in [0.25, 0.3) is 0 Å². The summed E-state index contributed by atoms with van der Waals surface area (Å²) in [6.45, 7) is 3.10. The topological polar surface area (TPSA) is 105 Å². The fourth-order valence-corrected chi connectivity index (χ4v) is 4.63. The molecule has 1 fully saturated rings. The molecule has 8 nitrogen and oxygen atoms in total. The average molecular weight is 478 g/mol. The van der Waals surface area contributed by atoms with Crippen molar-refractivity contribution in [1.29, 1.82) is 0 Å². The first kappa shape index (κ1) is 24.7. The maximum Gasteiger partial charge on any atom is 0.256 e. The van der Waals surface area contributed by atoms with Gasteiger partial charge in [0.15, 0.2) is 0 Å². The minimum atomic E-state index is -3.73. The Morgan fingerprint density at radius 3 is 2.39 bits per heavy atom. The van der Waals surface area contributed by atoms with Gasteiger partial charge in [0.25, 0.3) is 5.91 Å². The number of amides is 2. The number of nitrogens with zero attached hydrogens (tertiary/aromatic N) is 1. The van der Waals surface area contributed by atoms with Crippen LogP contribution in [0.15, 0.2) is 53.4 Å². The highest BCUT2D eigenvalue weighted by molar-refractivity contribution is 7.89. The van der Waals surface area contributed by atoms with Crippen molar-refractivity contribution in [3.05, 3.63) is 59.9 Å². The molecule has 0 bridgehead atoms. The molecule has 178 valence electrons. The number of rotatable bonds is 9. The van der Waals surface area contributed by atoms with Gasteiger partial charge in [0.05, 0.1) is 17.1 Å². The lowest BCUT2D eigenvalue weighted by Gasteiger charge is -2.32. The van der Waals surface area contributed by atoms with Crippen molar-refractivity contribution < 1.29 is 27.1 Å². The molecule has 0 atom stereocenters. The monoisotopic (exact) mass is 477 g/mol. The summed E-state index contributed by atoms with van der Waals surface area (Å²) in [6.07, 6.45) is 1.08. The summed E-state index contributed by atoms with van der Waals surface area (Å²) in [5.74, 6) is -0.604. The minimum Gasteiger partial charge on any atom is -0.494 e. The molecule has 0 unspecified atom stereocenters. The van der Waals surface area contributed by atoms with Crippen LogP contribution in [-0.2, 0) is 14.8 Å². The van der Waals surface area contributed by atoms with Crippen LogP contribution in [0.5, 0.6) is 5.75 Å². The van der Waals surface area contributed by atoms with Crippen molar-refractivity contribution in [3.8, 4) is 5.75 Å². The van der Waals surface area contributed by atoms with Crippen molar-refractivity contribution in [2.45, 2.75) is 37.1 Å². The number of nitrogens with one attached hydrogen (secondary N) is 2. The molecule has 2 amide bonds. The molecule has 0 aromatic heterocycles. The Balaban J connectivity index is 1.41. The summed E-state index contributed by atoms with van der Waals surface area (Å²) in [6, 6.07) is 11.8. The summed E-state index contributed by atoms with van der Waals surface area (Å²) in [5.41, 5.74) is 0.0415. The van der Waals surface area contributed by atoms with Crippen molar-refractivity contribution in [2.24, 2.45) is 0 Å². The van der Waals surface area contributed by atoms with Gasteiger partial charge in [-0.05, 0) is 56.2 Å². The molecule has 1 heterocycles. The molecular weight excluding hydrogens is 449 g/mol. The lowest BCUT2D eigenvalue weighted by atomic mass is 10.0. The van der Waals surface area contributed by atoms with Gasteiger partial charge < -0.3 is 15.0 Å². The second-order valence-electron chi connectivity index (χ2n) is 7.67. The van der Waals surface area contributed by atoms with Gasteiger partial charge in [-0.1, -0.05) is 12.1 Å². The number of hydrogen-bond acceptors (Lipinski definition) is 5. The standard InChI is InChI=1S/C23H28FN3O5S/c1-2-32-18-7-9-19(10-8-18)33(30,31)25-14-11-22(28)26-17-12-15-27(16-13-17)23(29)20-5-3-4-6-21(20)24/h3-10,17,25H,2,11-16H2,1H3,(H,26,28). The van der Waals surface area contributed by atoms with E-state index in [2.05, 4.69) is 10.0 Å². The quantitative estimate of drug-likeness (QED) is 0.577. The van der Waals surface area contributed by atoms with Gasteiger partial charge >= 0.3 is 0 Å². The van der Waals surface area contributed by atoms with Gasteiger partial charge in [-0.15, -0.1) is 0 Å². The lowest BCUT2D eigenvalue weighted by Crippen LogP contribution is -2.47. The largest absolute Gasteiger partial charge is 0.494 e. The number of ether oxygens (including phenoxy) is 1. The molecule has 0 aliphatic carbocycles. The van der Waals surface area contributed by atoms with E-state index < -0.39 is 15.8 Å². The molecule has 1 aliphatic rings. The van der Waals surface area contributed by atoms with E-state index in [1.807, 2.05) is 6.92 Å². The van der Waals surface area contributed by atoms with E-state index in [-0.39, 0.29) is 41.3 Å². The van der Waals surface area contributed by atoms with Crippen LogP contribution in [-0.4, -0.2) is 57.4 Å². The predicted octanol–water partition coefficient (Wildman–Crippen LogP) is 2.31. The molecule has 10 heteroatoms. The Hall–Kier alpha value is -2.98. The second kappa shape index (κ2) is 11.2. The molecule has 2 aromatic rings. The molecule has 1 aliphatic heterocycles. The molecule has 2 aromatic carbocycles. The summed E-state index contributed by atoms with van der Waals surface area (Å²) in [4.78, 5) is 26.4. The van der Waals surface area contributed by atoms with Crippen LogP contribution in [0.3, 0.4) is 0 Å². The second-order valence-corrected chi connectivity index (χ2v) is 9.43. The zero-order chi connectivity index (χ0) is 23.8. The number of piperidine rings is 1. The summed E-state index contributed by atoms with van der Waals surface area (Å²) < 4.78 is 46.3. The molecule has 3 rings (SSSR count). The van der Waals surface area contributed by atoms with Crippen LogP contribution in [0, 0.1) is 5.82 Å². The van der Waals surface area contributed by atoms with Crippen molar-refractivity contribution in [1.82, 2.24) is 14.9 Å². The van der Waals surface area contributed by atoms with E-state index >= 15 is 0 Å². The Kier molecular flexibility index (Phi) is 8.40. The average Bonchev–Trinajstić information content (AvgIpc) is 2.80. The number of benzene rings is 2. The third kappa shape index (κ3) is 6.75. The predicted molar refractivity (Wildman–Crippen MR) is 121 cm³/mol. The maximum absolute atomic E-state index is 13.8. The third-order valence-corrected chi connectivity index (χ3v) is 6.82. The van der Waals surface area contributed by atoms with E-state index in [9.17, 15) is 22.4 Å². The van der Waals surface area contributed by atoms with Gasteiger partial charge in [0, 0.05) is 32.1 Å². The van der Waals surface area contributed by atoms with Crippen molar-refractivity contribution in [3.63, 3.8) is 0 Å². The van der Waals surface area contributed by atoms with E-state index in [0.29, 0.717) is 38.3 Å². The minimum absolute atomic E-state index is 0.00929. The molecule has 0 radical (unpaired) electrons. The number of sulfonamides is 1.